The summed E-state index contributed by atoms with van der Waals surface area (Å²) in [6, 6.07) is 7.55. The summed E-state index contributed by atoms with van der Waals surface area (Å²) in [5.74, 6) is 0.795. The van der Waals surface area contributed by atoms with Crippen molar-refractivity contribution in [3.8, 4) is 5.75 Å². The third-order valence-electron chi connectivity index (χ3n) is 2.51. The van der Waals surface area contributed by atoms with E-state index in [2.05, 4.69) is 0 Å². The van der Waals surface area contributed by atoms with Gasteiger partial charge in [-0.3, -0.25) is 0 Å². The molecule has 0 saturated heterocycles. The lowest BCUT2D eigenvalue weighted by atomic mass is 10.0. The molecule has 1 aromatic carbocycles. The van der Waals surface area contributed by atoms with E-state index in [4.69, 9.17) is 9.47 Å². The van der Waals surface area contributed by atoms with Gasteiger partial charge in [0.05, 0.1) is 18.8 Å². The van der Waals surface area contributed by atoms with E-state index in [-0.39, 0.29) is 6.10 Å². The van der Waals surface area contributed by atoms with Gasteiger partial charge < -0.3 is 14.6 Å². The van der Waals surface area contributed by atoms with Crippen LogP contribution in [0.1, 0.15) is 31.9 Å². The van der Waals surface area contributed by atoms with Crippen LogP contribution in [0.25, 0.3) is 0 Å². The first kappa shape index (κ1) is 13.0. The molecule has 2 unspecified atom stereocenters. The molecule has 0 saturated carbocycles. The van der Waals surface area contributed by atoms with Gasteiger partial charge in [-0.2, -0.15) is 0 Å². The number of rotatable bonds is 6. The number of aliphatic hydroxyl groups is 1. The number of ether oxygens (including phenoxy) is 2. The molecule has 0 amide bonds. The molecule has 0 radical (unpaired) electrons. The number of aliphatic hydroxyl groups excluding tert-OH is 1. The largest absolute Gasteiger partial charge is 0.494 e. The highest BCUT2D eigenvalue weighted by atomic mass is 16.5. The van der Waals surface area contributed by atoms with Crippen molar-refractivity contribution >= 4 is 0 Å². The van der Waals surface area contributed by atoms with Gasteiger partial charge in [-0.25, -0.2) is 0 Å². The molecule has 0 aliphatic carbocycles. The maximum atomic E-state index is 9.98. The van der Waals surface area contributed by atoms with Gasteiger partial charge >= 0.3 is 0 Å². The standard InChI is InChI=1S/C13H20O3/c1-4-16-12-7-5-6-11(9-12)13(14)8-10(2)15-3/h5-7,9-10,13-14H,4,8H2,1-3H3. The molecular weight excluding hydrogens is 204 g/mol. The Hall–Kier alpha value is -1.06. The molecular formula is C13H20O3. The lowest BCUT2D eigenvalue weighted by Crippen LogP contribution is -2.11. The second-order valence-corrected chi connectivity index (χ2v) is 3.80. The zero-order valence-corrected chi connectivity index (χ0v) is 10.1. The molecule has 0 spiro atoms. The van der Waals surface area contributed by atoms with Crippen LogP contribution in [0.4, 0.5) is 0 Å². The van der Waals surface area contributed by atoms with Crippen LogP contribution in [0, 0.1) is 0 Å². The van der Waals surface area contributed by atoms with Gasteiger partial charge in [-0.1, -0.05) is 12.1 Å². The SMILES string of the molecule is CCOc1cccc(C(O)CC(C)OC)c1. The highest BCUT2D eigenvalue weighted by molar-refractivity contribution is 5.29. The Bertz CT molecular complexity index is 312. The van der Waals surface area contributed by atoms with Crippen LogP contribution in [0.5, 0.6) is 5.75 Å². The van der Waals surface area contributed by atoms with Crippen molar-refractivity contribution in [3.05, 3.63) is 29.8 Å². The predicted octanol–water partition coefficient (Wildman–Crippen LogP) is 2.54. The normalized spacial score (nSPS) is 14.5. The fourth-order valence-electron chi connectivity index (χ4n) is 1.52. The summed E-state index contributed by atoms with van der Waals surface area (Å²) in [6.45, 7) is 4.51. The average molecular weight is 224 g/mol. The molecule has 3 heteroatoms. The molecule has 1 rings (SSSR count). The van der Waals surface area contributed by atoms with Crippen molar-refractivity contribution in [1.29, 1.82) is 0 Å². The molecule has 90 valence electrons. The molecule has 0 bridgehead atoms. The Morgan fingerprint density at radius 2 is 2.12 bits per heavy atom. The first-order chi connectivity index (χ1) is 7.67. The third kappa shape index (κ3) is 3.83. The fraction of sp³-hybridized carbons (Fsp3) is 0.538. The molecule has 0 fully saturated rings. The Kier molecular flexibility index (Phi) is 5.29. The van der Waals surface area contributed by atoms with Crippen LogP contribution in [0.2, 0.25) is 0 Å². The van der Waals surface area contributed by atoms with E-state index in [0.717, 1.165) is 11.3 Å². The monoisotopic (exact) mass is 224 g/mol. The van der Waals surface area contributed by atoms with Gasteiger partial charge in [-0.05, 0) is 31.5 Å². The molecule has 0 aromatic heterocycles. The molecule has 2 atom stereocenters. The fourth-order valence-corrected chi connectivity index (χ4v) is 1.52. The second kappa shape index (κ2) is 6.51. The lowest BCUT2D eigenvalue weighted by Gasteiger charge is -2.16. The number of benzene rings is 1. The quantitative estimate of drug-likeness (QED) is 0.807. The van der Waals surface area contributed by atoms with Crippen molar-refractivity contribution in [1.82, 2.24) is 0 Å². The summed E-state index contributed by atoms with van der Waals surface area (Å²) in [7, 11) is 1.65. The van der Waals surface area contributed by atoms with Crippen molar-refractivity contribution < 1.29 is 14.6 Å². The number of hydrogen-bond acceptors (Lipinski definition) is 3. The van der Waals surface area contributed by atoms with Crippen LogP contribution < -0.4 is 4.74 Å². The van der Waals surface area contributed by atoms with Crippen LogP contribution in [-0.2, 0) is 4.74 Å². The minimum absolute atomic E-state index is 0.0470. The molecule has 1 N–H and O–H groups in total. The van der Waals surface area contributed by atoms with E-state index in [9.17, 15) is 5.11 Å². The van der Waals surface area contributed by atoms with Gasteiger partial charge in [0.15, 0.2) is 0 Å². The summed E-state index contributed by atoms with van der Waals surface area (Å²) in [4.78, 5) is 0. The van der Waals surface area contributed by atoms with Crippen LogP contribution >= 0.6 is 0 Å². The number of hydrogen-bond donors (Lipinski definition) is 1. The van der Waals surface area contributed by atoms with E-state index in [0.29, 0.717) is 13.0 Å². The van der Waals surface area contributed by atoms with Crippen molar-refractivity contribution in [3.63, 3.8) is 0 Å². The highest BCUT2D eigenvalue weighted by Crippen LogP contribution is 2.23. The lowest BCUT2D eigenvalue weighted by molar-refractivity contribution is 0.0559. The van der Waals surface area contributed by atoms with Gasteiger partial charge in [0.1, 0.15) is 5.75 Å². The summed E-state index contributed by atoms with van der Waals surface area (Å²) in [5, 5.41) is 9.98. The second-order valence-electron chi connectivity index (χ2n) is 3.80. The predicted molar refractivity (Wildman–Crippen MR) is 63.7 cm³/mol. The summed E-state index contributed by atoms with van der Waals surface area (Å²) < 4.78 is 10.5. The first-order valence-electron chi connectivity index (χ1n) is 5.61. The maximum absolute atomic E-state index is 9.98. The summed E-state index contributed by atoms with van der Waals surface area (Å²) in [6.07, 6.45) is 0.132. The average Bonchev–Trinajstić information content (AvgIpc) is 2.29. The number of methoxy groups -OCH3 is 1. The van der Waals surface area contributed by atoms with Crippen molar-refractivity contribution in [2.75, 3.05) is 13.7 Å². The third-order valence-corrected chi connectivity index (χ3v) is 2.51. The summed E-state index contributed by atoms with van der Waals surface area (Å²) in [5.41, 5.74) is 0.870. The van der Waals surface area contributed by atoms with E-state index in [1.807, 2.05) is 38.1 Å². The van der Waals surface area contributed by atoms with E-state index < -0.39 is 6.10 Å². The van der Waals surface area contributed by atoms with Gasteiger partial charge in [0, 0.05) is 13.5 Å². The minimum Gasteiger partial charge on any atom is -0.494 e. The Morgan fingerprint density at radius 1 is 1.38 bits per heavy atom. The zero-order chi connectivity index (χ0) is 12.0. The Morgan fingerprint density at radius 3 is 2.75 bits per heavy atom. The van der Waals surface area contributed by atoms with Crippen molar-refractivity contribution in [2.24, 2.45) is 0 Å². The van der Waals surface area contributed by atoms with Gasteiger partial charge in [0.25, 0.3) is 0 Å². The van der Waals surface area contributed by atoms with E-state index in [1.54, 1.807) is 7.11 Å². The molecule has 16 heavy (non-hydrogen) atoms. The van der Waals surface area contributed by atoms with Crippen LogP contribution in [0.3, 0.4) is 0 Å². The van der Waals surface area contributed by atoms with Crippen LogP contribution in [0.15, 0.2) is 24.3 Å². The van der Waals surface area contributed by atoms with Crippen LogP contribution in [-0.4, -0.2) is 24.9 Å². The smallest absolute Gasteiger partial charge is 0.119 e. The molecule has 0 aliphatic heterocycles. The zero-order valence-electron chi connectivity index (χ0n) is 10.1. The van der Waals surface area contributed by atoms with E-state index >= 15 is 0 Å². The highest BCUT2D eigenvalue weighted by Gasteiger charge is 2.12. The summed E-state index contributed by atoms with van der Waals surface area (Å²) >= 11 is 0. The van der Waals surface area contributed by atoms with Gasteiger partial charge in [-0.15, -0.1) is 0 Å². The van der Waals surface area contributed by atoms with Crippen molar-refractivity contribution in [2.45, 2.75) is 32.5 Å². The Balaban J connectivity index is 2.67. The first-order valence-corrected chi connectivity index (χ1v) is 5.61. The Labute approximate surface area is 97.0 Å². The molecule has 3 nitrogen and oxygen atoms in total. The molecule has 0 heterocycles. The van der Waals surface area contributed by atoms with Gasteiger partial charge in [0.2, 0.25) is 0 Å². The topological polar surface area (TPSA) is 38.7 Å². The molecule has 1 aromatic rings. The molecule has 0 aliphatic rings. The van der Waals surface area contributed by atoms with E-state index in [1.165, 1.54) is 0 Å². The minimum atomic E-state index is -0.504. The maximum Gasteiger partial charge on any atom is 0.119 e.